The molecule has 0 fully saturated rings. The van der Waals surface area contributed by atoms with E-state index in [1.54, 1.807) is 6.07 Å². The molecule has 0 aliphatic rings. The van der Waals surface area contributed by atoms with Gasteiger partial charge >= 0.3 is 0 Å². The van der Waals surface area contributed by atoms with Crippen LogP contribution in [0.25, 0.3) is 6.08 Å². The molecule has 0 bridgehead atoms. The quantitative estimate of drug-likeness (QED) is 0.767. The lowest BCUT2D eigenvalue weighted by Gasteiger charge is -1.97. The van der Waals surface area contributed by atoms with E-state index in [1.165, 1.54) is 0 Å². The van der Waals surface area contributed by atoms with Gasteiger partial charge in [0.15, 0.2) is 0 Å². The number of benzene rings is 1. The molecule has 64 valence electrons. The zero-order valence-electron chi connectivity index (χ0n) is 6.37. The van der Waals surface area contributed by atoms with Gasteiger partial charge in [0.1, 0.15) is 5.75 Å². The summed E-state index contributed by atoms with van der Waals surface area (Å²) in [7, 11) is 0. The molecule has 0 amide bonds. The van der Waals surface area contributed by atoms with E-state index >= 15 is 0 Å². The second-order valence-corrected chi connectivity index (χ2v) is 3.52. The van der Waals surface area contributed by atoms with Gasteiger partial charge in [-0.15, -0.1) is 0 Å². The van der Waals surface area contributed by atoms with Crippen molar-refractivity contribution < 1.29 is 5.11 Å². The van der Waals surface area contributed by atoms with Crippen molar-refractivity contribution in [3.8, 4) is 5.75 Å². The number of hydrogen-bond acceptors (Lipinski definition) is 2. The second kappa shape index (κ2) is 4.58. The van der Waals surface area contributed by atoms with Gasteiger partial charge in [0.05, 0.1) is 4.47 Å². The monoisotopic (exact) mass is 244 g/mol. The smallest absolute Gasteiger partial charge is 0.129 e. The van der Waals surface area contributed by atoms with Crippen LogP contribution in [0.1, 0.15) is 5.56 Å². The molecule has 0 spiro atoms. The van der Waals surface area contributed by atoms with Crippen molar-refractivity contribution in [3.63, 3.8) is 0 Å². The summed E-state index contributed by atoms with van der Waals surface area (Å²) >= 11 is 7.28. The second-order valence-electron chi connectivity index (χ2n) is 2.30. The standard InChI is InChI=1S/C9H9BrOS/c10-8-6-7(2-1-5-12)3-4-9(8)11/h1-4,6,11-12H,5H2. The lowest BCUT2D eigenvalue weighted by Crippen LogP contribution is -1.73. The van der Waals surface area contributed by atoms with Gasteiger partial charge in [-0.3, -0.25) is 0 Å². The van der Waals surface area contributed by atoms with E-state index in [0.717, 1.165) is 11.3 Å². The lowest BCUT2D eigenvalue weighted by atomic mass is 10.2. The molecule has 1 rings (SSSR count). The molecule has 3 heteroatoms. The van der Waals surface area contributed by atoms with Crippen LogP contribution in [-0.4, -0.2) is 10.9 Å². The molecule has 0 aromatic heterocycles. The van der Waals surface area contributed by atoms with Crippen molar-refractivity contribution in [1.29, 1.82) is 0 Å². The SMILES string of the molecule is Oc1ccc(C=CCS)cc1Br. The number of phenolic OH excluding ortho intramolecular Hbond substituents is 1. The predicted octanol–water partition coefficient (Wildman–Crippen LogP) is 3.10. The lowest BCUT2D eigenvalue weighted by molar-refractivity contribution is 0.472. The van der Waals surface area contributed by atoms with Crippen molar-refractivity contribution in [1.82, 2.24) is 0 Å². The van der Waals surface area contributed by atoms with Crippen LogP contribution < -0.4 is 0 Å². The fraction of sp³-hybridized carbons (Fsp3) is 0.111. The van der Waals surface area contributed by atoms with Gasteiger partial charge in [-0.2, -0.15) is 12.6 Å². The Bertz CT molecular complexity index is 297. The van der Waals surface area contributed by atoms with Crippen molar-refractivity contribution >= 4 is 34.6 Å². The molecule has 1 nitrogen and oxygen atoms in total. The highest BCUT2D eigenvalue weighted by Crippen LogP contribution is 2.24. The Morgan fingerprint density at radius 2 is 2.25 bits per heavy atom. The Morgan fingerprint density at radius 3 is 2.83 bits per heavy atom. The Labute approximate surface area is 85.7 Å². The molecule has 0 saturated carbocycles. The first-order valence-corrected chi connectivity index (χ1v) is 4.92. The van der Waals surface area contributed by atoms with E-state index in [1.807, 2.05) is 24.3 Å². The van der Waals surface area contributed by atoms with Crippen LogP contribution >= 0.6 is 28.6 Å². The number of halogens is 1. The fourth-order valence-corrected chi connectivity index (χ4v) is 1.32. The first kappa shape index (κ1) is 9.68. The van der Waals surface area contributed by atoms with E-state index in [0.29, 0.717) is 4.47 Å². The summed E-state index contributed by atoms with van der Waals surface area (Å²) in [5, 5.41) is 9.18. The van der Waals surface area contributed by atoms with E-state index in [2.05, 4.69) is 28.6 Å². The third-order valence-electron chi connectivity index (χ3n) is 1.39. The van der Waals surface area contributed by atoms with Crippen LogP contribution in [0.2, 0.25) is 0 Å². The fourth-order valence-electron chi connectivity index (χ4n) is 0.816. The molecule has 0 saturated heterocycles. The Kier molecular flexibility index (Phi) is 3.69. The first-order chi connectivity index (χ1) is 5.74. The maximum Gasteiger partial charge on any atom is 0.129 e. The maximum atomic E-state index is 9.18. The summed E-state index contributed by atoms with van der Waals surface area (Å²) < 4.78 is 0.712. The first-order valence-electron chi connectivity index (χ1n) is 3.50. The molecule has 0 heterocycles. The van der Waals surface area contributed by atoms with Gasteiger partial charge < -0.3 is 5.11 Å². The number of aromatic hydroxyl groups is 1. The van der Waals surface area contributed by atoms with E-state index in [-0.39, 0.29) is 5.75 Å². The zero-order chi connectivity index (χ0) is 8.97. The van der Waals surface area contributed by atoms with Crippen LogP contribution in [0.15, 0.2) is 28.7 Å². The predicted molar refractivity (Wildman–Crippen MR) is 58.7 cm³/mol. The molecule has 1 aromatic rings. The topological polar surface area (TPSA) is 20.2 Å². The summed E-state index contributed by atoms with van der Waals surface area (Å²) in [5.41, 5.74) is 1.05. The van der Waals surface area contributed by atoms with Gasteiger partial charge in [0, 0.05) is 5.75 Å². The van der Waals surface area contributed by atoms with Crippen molar-refractivity contribution in [2.24, 2.45) is 0 Å². The van der Waals surface area contributed by atoms with E-state index in [9.17, 15) is 5.11 Å². The zero-order valence-corrected chi connectivity index (χ0v) is 8.85. The van der Waals surface area contributed by atoms with Crippen molar-refractivity contribution in [3.05, 3.63) is 34.3 Å². The molecule has 0 aliphatic heterocycles. The molecule has 1 aromatic carbocycles. The van der Waals surface area contributed by atoms with Crippen molar-refractivity contribution in [2.75, 3.05) is 5.75 Å². The molecule has 0 radical (unpaired) electrons. The van der Waals surface area contributed by atoms with Gasteiger partial charge in [-0.25, -0.2) is 0 Å². The summed E-state index contributed by atoms with van der Waals surface area (Å²) in [5.74, 6) is 0.983. The summed E-state index contributed by atoms with van der Waals surface area (Å²) in [6.45, 7) is 0. The number of thiol groups is 1. The van der Waals surface area contributed by atoms with E-state index < -0.39 is 0 Å². The molecular formula is C9H9BrOS. The Hall–Kier alpha value is -0.410. The van der Waals surface area contributed by atoms with Gasteiger partial charge in [0.25, 0.3) is 0 Å². The van der Waals surface area contributed by atoms with E-state index in [4.69, 9.17) is 0 Å². The normalized spacial score (nSPS) is 10.8. The van der Waals surface area contributed by atoms with Gasteiger partial charge in [-0.1, -0.05) is 18.2 Å². The number of phenols is 1. The third kappa shape index (κ3) is 2.57. The summed E-state index contributed by atoms with van der Waals surface area (Å²) in [6, 6.07) is 5.36. The van der Waals surface area contributed by atoms with Crippen LogP contribution in [0.4, 0.5) is 0 Å². The van der Waals surface area contributed by atoms with Crippen LogP contribution in [-0.2, 0) is 0 Å². The molecule has 0 aliphatic carbocycles. The third-order valence-corrected chi connectivity index (χ3v) is 2.23. The summed E-state index contributed by atoms with van der Waals surface area (Å²) in [6.07, 6.45) is 3.90. The Balaban J connectivity index is 2.89. The van der Waals surface area contributed by atoms with Crippen molar-refractivity contribution in [2.45, 2.75) is 0 Å². The average Bonchev–Trinajstić information content (AvgIpc) is 2.07. The largest absolute Gasteiger partial charge is 0.507 e. The minimum absolute atomic E-state index is 0.262. The minimum atomic E-state index is 0.262. The van der Waals surface area contributed by atoms with Crippen LogP contribution in [0.3, 0.4) is 0 Å². The van der Waals surface area contributed by atoms with Gasteiger partial charge in [-0.05, 0) is 33.6 Å². The highest BCUT2D eigenvalue weighted by molar-refractivity contribution is 9.10. The maximum absolute atomic E-state index is 9.18. The highest BCUT2D eigenvalue weighted by Gasteiger charge is 1.95. The summed E-state index contributed by atoms with van der Waals surface area (Å²) in [4.78, 5) is 0. The number of rotatable bonds is 2. The molecule has 0 atom stereocenters. The average molecular weight is 245 g/mol. The van der Waals surface area contributed by atoms with Crippen LogP contribution in [0.5, 0.6) is 5.75 Å². The Morgan fingerprint density at radius 1 is 1.50 bits per heavy atom. The van der Waals surface area contributed by atoms with Gasteiger partial charge in [0.2, 0.25) is 0 Å². The number of hydrogen-bond donors (Lipinski definition) is 2. The molecule has 1 N–H and O–H groups in total. The minimum Gasteiger partial charge on any atom is -0.507 e. The molecular weight excluding hydrogens is 236 g/mol. The molecule has 0 unspecified atom stereocenters. The highest BCUT2D eigenvalue weighted by atomic mass is 79.9. The molecule has 12 heavy (non-hydrogen) atoms. The van der Waals surface area contributed by atoms with Crippen LogP contribution in [0, 0.1) is 0 Å².